The van der Waals surface area contributed by atoms with Crippen molar-refractivity contribution < 1.29 is 18.7 Å². The fourth-order valence-corrected chi connectivity index (χ4v) is 3.46. The molecule has 1 aromatic carbocycles. The smallest absolute Gasteiger partial charge is 0.341 e. The van der Waals surface area contributed by atoms with Gasteiger partial charge in [-0.2, -0.15) is 0 Å². The fraction of sp³-hybridized carbons (Fsp3) is 0.200. The summed E-state index contributed by atoms with van der Waals surface area (Å²) in [6.45, 7) is 5.93. The number of nitrogens with one attached hydrogen (secondary N) is 1. The summed E-state index contributed by atoms with van der Waals surface area (Å²) in [7, 11) is 0. The molecule has 0 spiro atoms. The number of hydrogen-bond acceptors (Lipinski definition) is 5. The van der Waals surface area contributed by atoms with Crippen LogP contribution in [0.3, 0.4) is 0 Å². The average Bonchev–Trinajstić information content (AvgIpc) is 3.26. The van der Waals surface area contributed by atoms with E-state index in [1.807, 2.05) is 26.0 Å². The number of anilines is 1. The van der Waals surface area contributed by atoms with Gasteiger partial charge < -0.3 is 14.5 Å². The van der Waals surface area contributed by atoms with Gasteiger partial charge in [-0.25, -0.2) is 4.79 Å². The number of ether oxygens (including phenoxy) is 1. The highest BCUT2D eigenvalue weighted by atomic mass is 32.1. The average molecular weight is 369 g/mol. The van der Waals surface area contributed by atoms with Gasteiger partial charge in [0.2, 0.25) is 0 Å². The summed E-state index contributed by atoms with van der Waals surface area (Å²) in [5, 5.41) is 5.05. The molecular weight excluding hydrogens is 350 g/mol. The highest BCUT2D eigenvalue weighted by Gasteiger charge is 2.24. The zero-order valence-corrected chi connectivity index (χ0v) is 15.6. The van der Waals surface area contributed by atoms with Crippen LogP contribution >= 0.6 is 11.3 Å². The van der Waals surface area contributed by atoms with Crippen molar-refractivity contribution in [3.8, 4) is 11.3 Å². The number of hydrogen-bond donors (Lipinski definition) is 1. The van der Waals surface area contributed by atoms with Crippen LogP contribution in [0, 0.1) is 13.8 Å². The Bertz CT molecular complexity index is 941. The molecule has 0 aliphatic rings. The second kappa shape index (κ2) is 7.58. The van der Waals surface area contributed by atoms with Crippen LogP contribution in [0.1, 0.15) is 38.8 Å². The number of aryl methyl sites for hydroxylation is 2. The third kappa shape index (κ3) is 3.55. The Balaban J connectivity index is 1.95. The molecule has 0 bridgehead atoms. The van der Waals surface area contributed by atoms with Crippen LogP contribution in [-0.2, 0) is 4.74 Å². The molecule has 0 aliphatic heterocycles. The molecule has 0 radical (unpaired) electrons. The lowest BCUT2D eigenvalue weighted by molar-refractivity contribution is 0.0529. The number of amides is 1. The van der Waals surface area contributed by atoms with Gasteiger partial charge >= 0.3 is 5.97 Å². The second-order valence-corrected chi connectivity index (χ2v) is 6.68. The summed E-state index contributed by atoms with van der Waals surface area (Å²) in [4.78, 5) is 25.1. The molecule has 0 saturated carbocycles. The van der Waals surface area contributed by atoms with E-state index in [-0.39, 0.29) is 12.5 Å². The zero-order chi connectivity index (χ0) is 18.7. The van der Waals surface area contributed by atoms with Gasteiger partial charge in [0.1, 0.15) is 16.3 Å². The minimum atomic E-state index is -0.490. The predicted molar refractivity (Wildman–Crippen MR) is 102 cm³/mol. The normalized spacial score (nSPS) is 10.6. The number of carbonyl (C=O) groups excluding carboxylic acids is 2. The molecular formula is C20H19NO4S. The third-order valence-corrected chi connectivity index (χ3v) is 4.95. The SMILES string of the molecule is CCOC(=O)c1c(-c2ccco2)csc1NC(=O)c1ccc(C)c(C)c1. The maximum absolute atomic E-state index is 12.6. The van der Waals surface area contributed by atoms with Crippen molar-refractivity contribution in [2.45, 2.75) is 20.8 Å². The number of rotatable bonds is 5. The summed E-state index contributed by atoms with van der Waals surface area (Å²) < 4.78 is 10.6. The molecule has 6 heteroatoms. The van der Waals surface area contributed by atoms with Crippen molar-refractivity contribution in [2.75, 3.05) is 11.9 Å². The molecule has 3 rings (SSSR count). The van der Waals surface area contributed by atoms with E-state index >= 15 is 0 Å². The zero-order valence-electron chi connectivity index (χ0n) is 14.8. The number of furan rings is 1. The molecule has 134 valence electrons. The number of esters is 1. The summed E-state index contributed by atoms with van der Waals surface area (Å²) in [6.07, 6.45) is 1.54. The lowest BCUT2D eigenvalue weighted by Gasteiger charge is -2.09. The Morgan fingerprint density at radius 1 is 1.19 bits per heavy atom. The number of benzene rings is 1. The van der Waals surface area contributed by atoms with Crippen LogP contribution < -0.4 is 5.32 Å². The Morgan fingerprint density at radius 3 is 2.65 bits per heavy atom. The van der Waals surface area contributed by atoms with E-state index in [0.29, 0.717) is 27.5 Å². The van der Waals surface area contributed by atoms with E-state index in [1.54, 1.807) is 30.5 Å². The van der Waals surface area contributed by atoms with Crippen molar-refractivity contribution in [2.24, 2.45) is 0 Å². The van der Waals surface area contributed by atoms with Crippen LogP contribution in [0.25, 0.3) is 11.3 Å². The second-order valence-electron chi connectivity index (χ2n) is 5.80. The molecule has 26 heavy (non-hydrogen) atoms. The van der Waals surface area contributed by atoms with Gasteiger partial charge in [-0.1, -0.05) is 6.07 Å². The molecule has 0 unspecified atom stereocenters. The first kappa shape index (κ1) is 17.9. The summed E-state index contributed by atoms with van der Waals surface area (Å²) in [6, 6.07) is 9.01. The van der Waals surface area contributed by atoms with Gasteiger partial charge in [0, 0.05) is 16.5 Å². The Morgan fingerprint density at radius 2 is 2.00 bits per heavy atom. The van der Waals surface area contributed by atoms with Crippen LogP contribution in [0.4, 0.5) is 5.00 Å². The standard InChI is InChI=1S/C20H19NO4S/c1-4-24-20(23)17-15(16-6-5-9-25-16)11-26-19(17)21-18(22)14-8-7-12(2)13(3)10-14/h5-11H,4H2,1-3H3,(H,21,22). The van der Waals surface area contributed by atoms with Crippen LogP contribution in [0.5, 0.6) is 0 Å². The van der Waals surface area contributed by atoms with E-state index in [2.05, 4.69) is 5.32 Å². The van der Waals surface area contributed by atoms with E-state index in [9.17, 15) is 9.59 Å². The van der Waals surface area contributed by atoms with Gasteiger partial charge in [0.05, 0.1) is 12.9 Å². The van der Waals surface area contributed by atoms with Gasteiger partial charge in [-0.15, -0.1) is 11.3 Å². The minimum Gasteiger partial charge on any atom is -0.464 e. The molecule has 3 aromatic rings. The Kier molecular flexibility index (Phi) is 5.23. The van der Waals surface area contributed by atoms with E-state index in [0.717, 1.165) is 11.1 Å². The summed E-state index contributed by atoms with van der Waals surface area (Å²) in [5.41, 5.74) is 3.60. The quantitative estimate of drug-likeness (QED) is 0.639. The lowest BCUT2D eigenvalue weighted by atomic mass is 10.1. The number of thiophene rings is 1. The monoisotopic (exact) mass is 369 g/mol. The van der Waals surface area contributed by atoms with Crippen LogP contribution in [0.2, 0.25) is 0 Å². The van der Waals surface area contributed by atoms with Crippen LogP contribution in [-0.4, -0.2) is 18.5 Å². The van der Waals surface area contributed by atoms with E-state index in [4.69, 9.17) is 9.15 Å². The van der Waals surface area contributed by atoms with Crippen molar-refractivity contribution in [1.82, 2.24) is 0 Å². The predicted octanol–water partition coefficient (Wildman–Crippen LogP) is 5.05. The van der Waals surface area contributed by atoms with E-state index in [1.165, 1.54) is 17.6 Å². The Labute approximate surface area is 155 Å². The first-order valence-electron chi connectivity index (χ1n) is 8.22. The molecule has 0 saturated heterocycles. The lowest BCUT2D eigenvalue weighted by Crippen LogP contribution is -2.15. The molecule has 2 heterocycles. The van der Waals surface area contributed by atoms with Gasteiger partial charge in [0.15, 0.2) is 0 Å². The molecule has 0 atom stereocenters. The van der Waals surface area contributed by atoms with Crippen molar-refractivity contribution in [3.05, 3.63) is 64.2 Å². The maximum atomic E-state index is 12.6. The molecule has 5 nitrogen and oxygen atoms in total. The van der Waals surface area contributed by atoms with E-state index < -0.39 is 5.97 Å². The highest BCUT2D eigenvalue weighted by molar-refractivity contribution is 7.15. The van der Waals surface area contributed by atoms with Gasteiger partial charge in [-0.05, 0) is 56.2 Å². The largest absolute Gasteiger partial charge is 0.464 e. The molecule has 1 N–H and O–H groups in total. The molecule has 0 fully saturated rings. The summed E-state index contributed by atoms with van der Waals surface area (Å²) in [5.74, 6) is -0.210. The first-order valence-corrected chi connectivity index (χ1v) is 9.10. The number of carbonyl (C=O) groups is 2. The third-order valence-electron chi connectivity index (χ3n) is 4.05. The first-order chi connectivity index (χ1) is 12.5. The fourth-order valence-electron chi connectivity index (χ4n) is 2.53. The molecule has 0 aliphatic carbocycles. The van der Waals surface area contributed by atoms with Crippen molar-refractivity contribution >= 4 is 28.2 Å². The molecule has 1 amide bonds. The van der Waals surface area contributed by atoms with Crippen molar-refractivity contribution in [3.63, 3.8) is 0 Å². The minimum absolute atomic E-state index is 0.247. The maximum Gasteiger partial charge on any atom is 0.341 e. The Hall–Kier alpha value is -2.86. The topological polar surface area (TPSA) is 68.5 Å². The molecule has 2 aromatic heterocycles. The van der Waals surface area contributed by atoms with Crippen LogP contribution in [0.15, 0.2) is 46.4 Å². The highest BCUT2D eigenvalue weighted by Crippen LogP contribution is 2.36. The van der Waals surface area contributed by atoms with Gasteiger partial charge in [0.25, 0.3) is 5.91 Å². The van der Waals surface area contributed by atoms with Crippen molar-refractivity contribution in [1.29, 1.82) is 0 Å². The summed E-state index contributed by atoms with van der Waals surface area (Å²) >= 11 is 1.27. The van der Waals surface area contributed by atoms with Gasteiger partial charge in [-0.3, -0.25) is 4.79 Å².